The fourth-order valence-electron chi connectivity index (χ4n) is 0.877. The second-order valence-electron chi connectivity index (χ2n) is 2.31. The highest BCUT2D eigenvalue weighted by molar-refractivity contribution is 7.14. The van der Waals surface area contributed by atoms with Gasteiger partial charge in [-0.2, -0.15) is 0 Å². The molecule has 0 aromatic carbocycles. The van der Waals surface area contributed by atoms with Crippen molar-refractivity contribution in [1.82, 2.24) is 9.97 Å². The van der Waals surface area contributed by atoms with Crippen LogP contribution in [-0.4, -0.2) is 9.97 Å². The third-order valence-corrected chi connectivity index (χ3v) is 2.32. The first-order valence-electron chi connectivity index (χ1n) is 3.40. The standard InChI is InChI=1S/C7H7N3OS/c1-4-9-3-6(12-4)5-2-10-7(8)11-5/h2-3H,1H3,(H2,8,10). The molecule has 0 aliphatic heterocycles. The van der Waals surface area contributed by atoms with Gasteiger partial charge >= 0.3 is 0 Å². The summed E-state index contributed by atoms with van der Waals surface area (Å²) < 4.78 is 5.12. The van der Waals surface area contributed by atoms with Crippen LogP contribution in [0.15, 0.2) is 16.8 Å². The molecular weight excluding hydrogens is 174 g/mol. The van der Waals surface area contributed by atoms with E-state index in [0.717, 1.165) is 9.88 Å². The fraction of sp³-hybridized carbons (Fsp3) is 0.143. The SMILES string of the molecule is Cc1ncc(-c2cnc(N)o2)s1. The summed E-state index contributed by atoms with van der Waals surface area (Å²) in [6, 6.07) is 0.191. The maximum atomic E-state index is 5.33. The van der Waals surface area contributed by atoms with E-state index in [9.17, 15) is 0 Å². The Labute approximate surface area is 73.1 Å². The first kappa shape index (κ1) is 7.30. The summed E-state index contributed by atoms with van der Waals surface area (Å²) in [5.41, 5.74) is 5.33. The molecule has 0 aliphatic rings. The van der Waals surface area contributed by atoms with Crippen molar-refractivity contribution in [3.63, 3.8) is 0 Å². The Morgan fingerprint density at radius 2 is 2.25 bits per heavy atom. The minimum Gasteiger partial charge on any atom is -0.423 e. The van der Waals surface area contributed by atoms with Gasteiger partial charge in [-0.3, -0.25) is 0 Å². The third kappa shape index (κ3) is 1.18. The third-order valence-electron chi connectivity index (χ3n) is 1.39. The van der Waals surface area contributed by atoms with Crippen LogP contribution in [0, 0.1) is 6.92 Å². The summed E-state index contributed by atoms with van der Waals surface area (Å²) in [6.45, 7) is 1.94. The number of oxazole rings is 1. The highest BCUT2D eigenvalue weighted by atomic mass is 32.1. The zero-order valence-electron chi connectivity index (χ0n) is 6.44. The smallest absolute Gasteiger partial charge is 0.292 e. The van der Waals surface area contributed by atoms with Gasteiger partial charge in [0.2, 0.25) is 0 Å². The van der Waals surface area contributed by atoms with Crippen molar-refractivity contribution in [1.29, 1.82) is 0 Å². The zero-order valence-corrected chi connectivity index (χ0v) is 7.26. The molecule has 0 aliphatic carbocycles. The highest BCUT2D eigenvalue weighted by Gasteiger charge is 2.06. The maximum absolute atomic E-state index is 5.33. The molecule has 4 nitrogen and oxygen atoms in total. The summed E-state index contributed by atoms with van der Waals surface area (Å²) in [4.78, 5) is 8.84. The number of nitrogens with zero attached hydrogens (tertiary/aromatic N) is 2. The van der Waals surface area contributed by atoms with E-state index in [1.165, 1.54) is 0 Å². The lowest BCUT2D eigenvalue weighted by Gasteiger charge is -1.84. The summed E-state index contributed by atoms with van der Waals surface area (Å²) in [5, 5.41) is 1.000. The maximum Gasteiger partial charge on any atom is 0.292 e. The van der Waals surface area contributed by atoms with Crippen molar-refractivity contribution in [2.24, 2.45) is 0 Å². The monoisotopic (exact) mass is 181 g/mol. The number of rotatable bonds is 1. The number of aryl methyl sites for hydroxylation is 1. The van der Waals surface area contributed by atoms with Gasteiger partial charge in [-0.15, -0.1) is 11.3 Å². The van der Waals surface area contributed by atoms with E-state index in [4.69, 9.17) is 10.2 Å². The van der Waals surface area contributed by atoms with Crippen molar-refractivity contribution in [2.45, 2.75) is 6.92 Å². The Kier molecular flexibility index (Phi) is 1.58. The van der Waals surface area contributed by atoms with Crippen LogP contribution in [0.3, 0.4) is 0 Å². The van der Waals surface area contributed by atoms with E-state index < -0.39 is 0 Å². The predicted molar refractivity (Wildman–Crippen MR) is 46.8 cm³/mol. The van der Waals surface area contributed by atoms with Gasteiger partial charge in [0.15, 0.2) is 5.76 Å². The molecule has 0 amide bonds. The predicted octanol–water partition coefficient (Wildman–Crippen LogP) is 1.69. The van der Waals surface area contributed by atoms with Crippen LogP contribution in [-0.2, 0) is 0 Å². The summed E-state index contributed by atoms with van der Waals surface area (Å²) in [5.74, 6) is 0.679. The molecule has 12 heavy (non-hydrogen) atoms. The summed E-state index contributed by atoms with van der Waals surface area (Å²) >= 11 is 1.55. The van der Waals surface area contributed by atoms with E-state index in [0.29, 0.717) is 5.76 Å². The Morgan fingerprint density at radius 1 is 1.42 bits per heavy atom. The molecular formula is C7H7N3OS. The molecule has 5 heteroatoms. The largest absolute Gasteiger partial charge is 0.423 e. The van der Waals surface area contributed by atoms with Crippen molar-refractivity contribution in [2.75, 3.05) is 5.73 Å². The van der Waals surface area contributed by atoms with Crippen LogP contribution in [0.2, 0.25) is 0 Å². The second-order valence-corrected chi connectivity index (χ2v) is 3.54. The molecule has 0 fully saturated rings. The van der Waals surface area contributed by atoms with E-state index >= 15 is 0 Å². The molecule has 0 atom stereocenters. The molecule has 2 rings (SSSR count). The number of thiazole rings is 1. The fourth-order valence-corrected chi connectivity index (χ4v) is 1.60. The number of nitrogens with two attached hydrogens (primary N) is 1. The van der Waals surface area contributed by atoms with Gasteiger partial charge < -0.3 is 10.2 Å². The van der Waals surface area contributed by atoms with Gasteiger partial charge in [0.05, 0.1) is 16.1 Å². The lowest BCUT2D eigenvalue weighted by atomic mass is 10.4. The van der Waals surface area contributed by atoms with Crippen molar-refractivity contribution < 1.29 is 4.42 Å². The number of anilines is 1. The first-order valence-corrected chi connectivity index (χ1v) is 4.21. The lowest BCUT2D eigenvalue weighted by molar-refractivity contribution is 0.596. The number of hydrogen-bond donors (Lipinski definition) is 1. The lowest BCUT2D eigenvalue weighted by Crippen LogP contribution is -1.79. The molecule has 62 valence electrons. The van der Waals surface area contributed by atoms with Crippen LogP contribution < -0.4 is 5.73 Å². The Bertz CT molecular complexity index is 355. The summed E-state index contributed by atoms with van der Waals surface area (Å²) in [7, 11) is 0. The number of nitrogen functional groups attached to an aromatic ring is 1. The molecule has 2 N–H and O–H groups in total. The van der Waals surface area contributed by atoms with E-state index in [-0.39, 0.29) is 6.01 Å². The van der Waals surface area contributed by atoms with E-state index in [1.807, 2.05) is 6.92 Å². The summed E-state index contributed by atoms with van der Waals surface area (Å²) in [6.07, 6.45) is 3.35. The quantitative estimate of drug-likeness (QED) is 0.727. The van der Waals surface area contributed by atoms with Crippen molar-refractivity contribution >= 4 is 17.4 Å². The Morgan fingerprint density at radius 3 is 2.75 bits per heavy atom. The van der Waals surface area contributed by atoms with Gasteiger partial charge in [0, 0.05) is 6.20 Å². The second kappa shape index (κ2) is 2.60. The number of aromatic nitrogens is 2. The molecule has 2 aromatic rings. The van der Waals surface area contributed by atoms with Crippen LogP contribution in [0.1, 0.15) is 5.01 Å². The van der Waals surface area contributed by atoms with Crippen LogP contribution in [0.5, 0.6) is 0 Å². The van der Waals surface area contributed by atoms with Crippen LogP contribution in [0.4, 0.5) is 6.01 Å². The Hall–Kier alpha value is -1.36. The van der Waals surface area contributed by atoms with Crippen LogP contribution in [0.25, 0.3) is 10.6 Å². The van der Waals surface area contributed by atoms with Crippen LogP contribution >= 0.6 is 11.3 Å². The van der Waals surface area contributed by atoms with E-state index in [1.54, 1.807) is 23.7 Å². The minimum atomic E-state index is 0.191. The zero-order chi connectivity index (χ0) is 8.55. The van der Waals surface area contributed by atoms with Crippen molar-refractivity contribution in [3.8, 4) is 10.6 Å². The molecule has 2 heterocycles. The molecule has 0 bridgehead atoms. The van der Waals surface area contributed by atoms with Gasteiger partial charge in [-0.05, 0) is 6.92 Å². The van der Waals surface area contributed by atoms with E-state index in [2.05, 4.69) is 9.97 Å². The molecule has 0 spiro atoms. The molecule has 2 aromatic heterocycles. The van der Waals surface area contributed by atoms with Gasteiger partial charge in [0.25, 0.3) is 6.01 Å². The average molecular weight is 181 g/mol. The normalized spacial score (nSPS) is 10.4. The minimum absolute atomic E-state index is 0.191. The number of hydrogen-bond acceptors (Lipinski definition) is 5. The first-order chi connectivity index (χ1) is 5.75. The average Bonchev–Trinajstić information content (AvgIpc) is 2.58. The molecule has 0 radical (unpaired) electrons. The molecule has 0 saturated carbocycles. The van der Waals surface area contributed by atoms with Gasteiger partial charge in [-0.25, -0.2) is 9.97 Å². The van der Waals surface area contributed by atoms with Gasteiger partial charge in [-0.1, -0.05) is 0 Å². The van der Waals surface area contributed by atoms with Gasteiger partial charge in [0.1, 0.15) is 0 Å². The topological polar surface area (TPSA) is 64.9 Å². The molecule has 0 unspecified atom stereocenters. The highest BCUT2D eigenvalue weighted by Crippen LogP contribution is 2.26. The molecule has 0 saturated heterocycles. The Balaban J connectivity index is 2.43. The van der Waals surface area contributed by atoms with Crippen molar-refractivity contribution in [3.05, 3.63) is 17.4 Å².